The van der Waals surface area contributed by atoms with Crippen LogP contribution in [0.2, 0.25) is 0 Å². The third-order valence-corrected chi connectivity index (χ3v) is 1.56. The molecule has 4 heteroatoms. The average molecular weight is 206 g/mol. The molecule has 0 amide bonds. The van der Waals surface area contributed by atoms with E-state index in [9.17, 15) is 9.59 Å². The SMILES string of the molecule is CCOC(=O)CC#Cc1ccoc1C=O. The zero-order chi connectivity index (χ0) is 11.1. The van der Waals surface area contributed by atoms with E-state index in [0.29, 0.717) is 18.5 Å². The molecule has 0 radical (unpaired) electrons. The molecule has 4 nitrogen and oxygen atoms in total. The fraction of sp³-hybridized carbons (Fsp3) is 0.273. The Kier molecular flexibility index (Phi) is 4.17. The molecule has 1 aromatic heterocycles. The van der Waals surface area contributed by atoms with Crippen LogP contribution in [0, 0.1) is 11.8 Å². The molecule has 0 saturated carbocycles. The third kappa shape index (κ3) is 3.31. The molecular formula is C11H10O4. The molecule has 0 bridgehead atoms. The van der Waals surface area contributed by atoms with E-state index in [4.69, 9.17) is 4.42 Å². The summed E-state index contributed by atoms with van der Waals surface area (Å²) >= 11 is 0. The number of carbonyl (C=O) groups is 2. The van der Waals surface area contributed by atoms with Gasteiger partial charge in [0.25, 0.3) is 0 Å². The maximum atomic E-state index is 10.9. The van der Waals surface area contributed by atoms with Gasteiger partial charge in [-0.05, 0) is 13.0 Å². The molecule has 1 aromatic rings. The highest BCUT2D eigenvalue weighted by Crippen LogP contribution is 2.05. The van der Waals surface area contributed by atoms with Crippen LogP contribution in [-0.4, -0.2) is 18.9 Å². The number of ether oxygens (including phenoxy) is 1. The first kappa shape index (κ1) is 11.1. The maximum absolute atomic E-state index is 10.9. The van der Waals surface area contributed by atoms with Gasteiger partial charge in [-0.3, -0.25) is 9.59 Å². The first-order chi connectivity index (χ1) is 7.27. The maximum Gasteiger partial charge on any atom is 0.317 e. The van der Waals surface area contributed by atoms with Crippen LogP contribution in [-0.2, 0) is 9.53 Å². The Morgan fingerprint density at radius 2 is 2.47 bits per heavy atom. The highest BCUT2D eigenvalue weighted by molar-refractivity contribution is 5.76. The molecule has 0 aliphatic carbocycles. The molecule has 0 aliphatic heterocycles. The number of furan rings is 1. The van der Waals surface area contributed by atoms with Crippen molar-refractivity contribution in [1.82, 2.24) is 0 Å². The Morgan fingerprint density at radius 3 is 3.13 bits per heavy atom. The molecule has 0 aromatic carbocycles. The van der Waals surface area contributed by atoms with Crippen LogP contribution < -0.4 is 0 Å². The predicted molar refractivity (Wildman–Crippen MR) is 52.2 cm³/mol. The topological polar surface area (TPSA) is 56.5 Å². The normalized spacial score (nSPS) is 8.87. The minimum Gasteiger partial charge on any atom is -0.465 e. The monoisotopic (exact) mass is 206 g/mol. The molecule has 0 fully saturated rings. The van der Waals surface area contributed by atoms with Crippen LogP contribution >= 0.6 is 0 Å². The summed E-state index contributed by atoms with van der Waals surface area (Å²) in [5.41, 5.74) is 0.481. The number of rotatable bonds is 3. The first-order valence-electron chi connectivity index (χ1n) is 4.45. The van der Waals surface area contributed by atoms with Crippen LogP contribution in [0.25, 0.3) is 0 Å². The minimum atomic E-state index is -0.374. The Bertz CT molecular complexity index is 406. The van der Waals surface area contributed by atoms with Gasteiger partial charge in [0, 0.05) is 0 Å². The summed E-state index contributed by atoms with van der Waals surface area (Å²) < 4.78 is 9.52. The van der Waals surface area contributed by atoms with Gasteiger partial charge in [-0.25, -0.2) is 0 Å². The molecule has 0 N–H and O–H groups in total. The Labute approximate surface area is 87.2 Å². The van der Waals surface area contributed by atoms with E-state index in [1.54, 1.807) is 13.0 Å². The van der Waals surface area contributed by atoms with Crippen molar-refractivity contribution in [2.75, 3.05) is 6.61 Å². The molecular weight excluding hydrogens is 196 g/mol. The Balaban J connectivity index is 2.58. The van der Waals surface area contributed by atoms with Crippen molar-refractivity contribution in [2.45, 2.75) is 13.3 Å². The summed E-state index contributed by atoms with van der Waals surface area (Å²) in [5.74, 6) is 5.06. The fourth-order valence-corrected chi connectivity index (χ4v) is 0.939. The van der Waals surface area contributed by atoms with Gasteiger partial charge < -0.3 is 9.15 Å². The summed E-state index contributed by atoms with van der Waals surface area (Å²) in [6.07, 6.45) is 1.96. The van der Waals surface area contributed by atoms with Gasteiger partial charge in [0.15, 0.2) is 12.0 Å². The van der Waals surface area contributed by atoms with E-state index in [2.05, 4.69) is 16.6 Å². The van der Waals surface area contributed by atoms with Crippen LogP contribution in [0.1, 0.15) is 29.5 Å². The van der Waals surface area contributed by atoms with Gasteiger partial charge in [0.2, 0.25) is 0 Å². The van der Waals surface area contributed by atoms with E-state index in [0.717, 1.165) is 0 Å². The standard InChI is InChI=1S/C11H10O4/c1-2-14-11(13)5-3-4-9-6-7-15-10(9)8-12/h6-8H,2,5H2,1H3. The number of hydrogen-bond donors (Lipinski definition) is 0. The third-order valence-electron chi connectivity index (χ3n) is 1.56. The van der Waals surface area contributed by atoms with E-state index in [1.165, 1.54) is 6.26 Å². The van der Waals surface area contributed by atoms with E-state index >= 15 is 0 Å². The molecule has 1 heterocycles. The van der Waals surface area contributed by atoms with Crippen molar-refractivity contribution in [1.29, 1.82) is 0 Å². The van der Waals surface area contributed by atoms with Crippen molar-refractivity contribution < 1.29 is 18.7 Å². The van der Waals surface area contributed by atoms with Crippen molar-refractivity contribution in [2.24, 2.45) is 0 Å². The molecule has 1 rings (SSSR count). The highest BCUT2D eigenvalue weighted by atomic mass is 16.5. The molecule has 0 saturated heterocycles. The van der Waals surface area contributed by atoms with E-state index < -0.39 is 0 Å². The smallest absolute Gasteiger partial charge is 0.317 e. The quantitative estimate of drug-likeness (QED) is 0.426. The highest BCUT2D eigenvalue weighted by Gasteiger charge is 2.01. The first-order valence-corrected chi connectivity index (χ1v) is 4.45. The number of aldehydes is 1. The zero-order valence-electron chi connectivity index (χ0n) is 8.28. The lowest BCUT2D eigenvalue weighted by Crippen LogP contribution is -2.01. The lowest BCUT2D eigenvalue weighted by atomic mass is 10.2. The molecule has 15 heavy (non-hydrogen) atoms. The van der Waals surface area contributed by atoms with E-state index in [-0.39, 0.29) is 18.2 Å². The van der Waals surface area contributed by atoms with E-state index in [1.807, 2.05) is 0 Å². The molecule has 0 spiro atoms. The van der Waals surface area contributed by atoms with Gasteiger partial charge in [-0.15, -0.1) is 0 Å². The summed E-state index contributed by atoms with van der Waals surface area (Å²) in [5, 5.41) is 0. The number of esters is 1. The molecule has 0 aliphatic rings. The Hall–Kier alpha value is -2.02. The largest absolute Gasteiger partial charge is 0.465 e. The summed E-state index contributed by atoms with van der Waals surface area (Å²) in [4.78, 5) is 21.3. The van der Waals surface area contributed by atoms with Crippen molar-refractivity contribution in [3.63, 3.8) is 0 Å². The van der Waals surface area contributed by atoms with Crippen molar-refractivity contribution in [3.05, 3.63) is 23.7 Å². The average Bonchev–Trinajstić information content (AvgIpc) is 2.66. The van der Waals surface area contributed by atoms with Gasteiger partial charge in [0.1, 0.15) is 6.42 Å². The lowest BCUT2D eigenvalue weighted by molar-refractivity contribution is -0.141. The van der Waals surface area contributed by atoms with Crippen molar-refractivity contribution in [3.8, 4) is 11.8 Å². The lowest BCUT2D eigenvalue weighted by Gasteiger charge is -1.94. The minimum absolute atomic E-state index is 0.0112. The fourth-order valence-electron chi connectivity index (χ4n) is 0.939. The van der Waals surface area contributed by atoms with Gasteiger partial charge in [-0.2, -0.15) is 0 Å². The second kappa shape index (κ2) is 5.66. The van der Waals surface area contributed by atoms with Crippen LogP contribution in [0.15, 0.2) is 16.7 Å². The summed E-state index contributed by atoms with van der Waals surface area (Å²) in [6, 6.07) is 1.57. The molecule has 78 valence electrons. The van der Waals surface area contributed by atoms with Gasteiger partial charge in [-0.1, -0.05) is 11.8 Å². The van der Waals surface area contributed by atoms with Crippen LogP contribution in [0.5, 0.6) is 0 Å². The van der Waals surface area contributed by atoms with Gasteiger partial charge in [0.05, 0.1) is 18.4 Å². The summed E-state index contributed by atoms with van der Waals surface area (Å²) in [7, 11) is 0. The molecule has 0 unspecified atom stereocenters. The number of hydrogen-bond acceptors (Lipinski definition) is 4. The summed E-state index contributed by atoms with van der Waals surface area (Å²) in [6.45, 7) is 2.07. The second-order valence-corrected chi connectivity index (χ2v) is 2.60. The Morgan fingerprint density at radius 1 is 1.67 bits per heavy atom. The second-order valence-electron chi connectivity index (χ2n) is 2.60. The van der Waals surface area contributed by atoms with Crippen molar-refractivity contribution >= 4 is 12.3 Å². The predicted octanol–water partition coefficient (Wildman–Crippen LogP) is 1.40. The van der Waals surface area contributed by atoms with Gasteiger partial charge >= 0.3 is 5.97 Å². The van der Waals surface area contributed by atoms with Crippen LogP contribution in [0.4, 0.5) is 0 Å². The van der Waals surface area contributed by atoms with Crippen LogP contribution in [0.3, 0.4) is 0 Å². The zero-order valence-corrected chi connectivity index (χ0v) is 8.28. The number of carbonyl (C=O) groups excluding carboxylic acids is 2. The molecule has 0 atom stereocenters.